The second-order valence-corrected chi connectivity index (χ2v) is 8.10. The molecule has 1 unspecified atom stereocenters. The molecule has 0 spiro atoms. The first-order valence-electron chi connectivity index (χ1n) is 8.95. The summed E-state index contributed by atoms with van der Waals surface area (Å²) in [5.41, 5.74) is -1.49. The van der Waals surface area contributed by atoms with E-state index in [-0.39, 0.29) is 5.92 Å². The van der Waals surface area contributed by atoms with E-state index >= 15 is 0 Å². The van der Waals surface area contributed by atoms with Crippen LogP contribution in [0.2, 0.25) is 0 Å². The minimum Gasteiger partial charge on any atom is -0.455 e. The highest BCUT2D eigenvalue weighted by molar-refractivity contribution is 5.83. The molecule has 0 fully saturated rings. The van der Waals surface area contributed by atoms with E-state index in [9.17, 15) is 14.7 Å². The topological polar surface area (TPSA) is 84.9 Å². The van der Waals surface area contributed by atoms with Crippen LogP contribution in [0, 0.1) is 5.92 Å². The molecule has 0 radical (unpaired) electrons. The molecule has 2 N–H and O–H groups in total. The summed E-state index contributed by atoms with van der Waals surface area (Å²) in [6.07, 6.45) is 0.284. The molecular formula is C21H31NO5. The Kier molecular flexibility index (Phi) is 7.60. The van der Waals surface area contributed by atoms with Gasteiger partial charge < -0.3 is 19.9 Å². The predicted molar refractivity (Wildman–Crippen MR) is 104 cm³/mol. The fourth-order valence-corrected chi connectivity index (χ4v) is 2.39. The molecule has 3 atom stereocenters. The van der Waals surface area contributed by atoms with E-state index in [1.165, 1.54) is 13.8 Å². The zero-order chi connectivity index (χ0) is 20.8. The Balaban J connectivity index is 3.03. The van der Waals surface area contributed by atoms with Gasteiger partial charge in [-0.2, -0.15) is 0 Å². The highest BCUT2D eigenvalue weighted by atomic mass is 16.6. The number of hydrogen-bond donors (Lipinski definition) is 2. The predicted octanol–water partition coefficient (Wildman–Crippen LogP) is 3.76. The molecular weight excluding hydrogens is 346 g/mol. The smallest absolute Gasteiger partial charge is 0.408 e. The highest BCUT2D eigenvalue weighted by Gasteiger charge is 2.39. The molecule has 6 nitrogen and oxygen atoms in total. The summed E-state index contributed by atoms with van der Waals surface area (Å²) in [5, 5.41) is 12.8. The van der Waals surface area contributed by atoms with Crippen LogP contribution in [0.15, 0.2) is 43.0 Å². The van der Waals surface area contributed by atoms with Crippen LogP contribution < -0.4 is 5.32 Å². The van der Waals surface area contributed by atoms with E-state index in [1.54, 1.807) is 26.8 Å². The molecule has 1 aromatic carbocycles. The molecule has 0 saturated heterocycles. The number of alkyl carbamates (subject to hydrolysis) is 1. The Bertz CT molecular complexity index is 643. The minimum atomic E-state index is -1.55. The first kappa shape index (κ1) is 22.7. The van der Waals surface area contributed by atoms with Crippen LogP contribution in [0.5, 0.6) is 0 Å². The van der Waals surface area contributed by atoms with Crippen LogP contribution in [0.4, 0.5) is 4.79 Å². The Morgan fingerprint density at radius 2 is 1.70 bits per heavy atom. The molecule has 0 heterocycles. The molecule has 6 heteroatoms. The largest absolute Gasteiger partial charge is 0.455 e. The second-order valence-electron chi connectivity index (χ2n) is 8.10. The van der Waals surface area contributed by atoms with Gasteiger partial charge in [0, 0.05) is 5.92 Å². The number of aliphatic hydroxyl groups is 1. The van der Waals surface area contributed by atoms with Crippen molar-refractivity contribution < 1.29 is 24.2 Å². The Morgan fingerprint density at radius 1 is 1.15 bits per heavy atom. The van der Waals surface area contributed by atoms with Crippen molar-refractivity contribution in [3.05, 3.63) is 48.6 Å². The molecule has 0 aliphatic rings. The Labute approximate surface area is 161 Å². The number of carbonyl (C=O) groups excluding carboxylic acids is 2. The number of nitrogens with one attached hydrogen (secondary N) is 1. The van der Waals surface area contributed by atoms with Gasteiger partial charge in [0.2, 0.25) is 0 Å². The number of hydrogen-bond acceptors (Lipinski definition) is 5. The van der Waals surface area contributed by atoms with E-state index in [1.807, 2.05) is 37.3 Å². The van der Waals surface area contributed by atoms with Crippen molar-refractivity contribution in [1.29, 1.82) is 0 Å². The summed E-state index contributed by atoms with van der Waals surface area (Å²) in [6, 6.07) is 7.95. The zero-order valence-electron chi connectivity index (χ0n) is 17.0. The molecule has 0 aliphatic carbocycles. The van der Waals surface area contributed by atoms with Crippen molar-refractivity contribution in [2.45, 2.75) is 64.9 Å². The minimum absolute atomic E-state index is 0.166. The second kappa shape index (κ2) is 9.04. The van der Waals surface area contributed by atoms with Gasteiger partial charge in [0.15, 0.2) is 6.04 Å². The maximum absolute atomic E-state index is 12.8. The molecule has 0 aliphatic heterocycles. The van der Waals surface area contributed by atoms with Crippen LogP contribution in [-0.4, -0.2) is 34.4 Å². The third kappa shape index (κ3) is 7.43. The van der Waals surface area contributed by atoms with Crippen LogP contribution in [0.25, 0.3) is 0 Å². The molecule has 1 amide bonds. The van der Waals surface area contributed by atoms with Crippen molar-refractivity contribution in [1.82, 2.24) is 5.32 Å². The number of rotatable bonds is 7. The quantitative estimate of drug-likeness (QED) is 0.558. The van der Waals surface area contributed by atoms with Crippen molar-refractivity contribution in [2.24, 2.45) is 5.92 Å². The lowest BCUT2D eigenvalue weighted by Gasteiger charge is -2.32. The van der Waals surface area contributed by atoms with E-state index in [2.05, 4.69) is 11.9 Å². The molecule has 1 aromatic rings. The number of carbonyl (C=O) groups is 2. The lowest BCUT2D eigenvalue weighted by Crippen LogP contribution is -2.55. The SMILES string of the molecule is C=C[C@@H](C)[C@H](OC(=O)C(NC(=O)OC(C)(C)C)C(C)(C)O)c1ccccc1. The monoisotopic (exact) mass is 377 g/mol. The normalized spacial score (nSPS) is 15.2. The molecule has 0 bridgehead atoms. The fourth-order valence-electron chi connectivity index (χ4n) is 2.39. The van der Waals surface area contributed by atoms with Gasteiger partial charge in [0.05, 0.1) is 5.60 Å². The lowest BCUT2D eigenvalue weighted by atomic mass is 9.96. The summed E-state index contributed by atoms with van der Waals surface area (Å²) >= 11 is 0. The van der Waals surface area contributed by atoms with Gasteiger partial charge in [-0.1, -0.05) is 43.3 Å². The molecule has 0 aromatic heterocycles. The summed E-state index contributed by atoms with van der Waals surface area (Å²) in [5.74, 6) is -0.920. The van der Waals surface area contributed by atoms with Gasteiger partial charge in [-0.25, -0.2) is 9.59 Å². The van der Waals surface area contributed by atoms with Gasteiger partial charge in [0.25, 0.3) is 0 Å². The van der Waals surface area contributed by atoms with Crippen LogP contribution in [0.1, 0.15) is 53.2 Å². The van der Waals surface area contributed by atoms with Crippen molar-refractivity contribution in [3.63, 3.8) is 0 Å². The lowest BCUT2D eigenvalue weighted by molar-refractivity contribution is -0.160. The first-order chi connectivity index (χ1) is 12.3. The fraction of sp³-hybridized carbons (Fsp3) is 0.524. The van der Waals surface area contributed by atoms with E-state index in [0.29, 0.717) is 0 Å². The molecule has 27 heavy (non-hydrogen) atoms. The molecule has 1 rings (SSSR count). The van der Waals surface area contributed by atoms with Gasteiger partial charge in [-0.15, -0.1) is 6.58 Å². The summed E-state index contributed by atoms with van der Waals surface area (Å²) in [4.78, 5) is 24.9. The van der Waals surface area contributed by atoms with Gasteiger partial charge in [-0.3, -0.25) is 0 Å². The van der Waals surface area contributed by atoms with Crippen LogP contribution in [0.3, 0.4) is 0 Å². The average molecular weight is 377 g/mol. The Hall–Kier alpha value is -2.34. The van der Waals surface area contributed by atoms with Crippen LogP contribution >= 0.6 is 0 Å². The maximum Gasteiger partial charge on any atom is 0.408 e. The number of benzene rings is 1. The summed E-state index contributed by atoms with van der Waals surface area (Å²) < 4.78 is 10.9. The summed E-state index contributed by atoms with van der Waals surface area (Å²) in [7, 11) is 0. The molecule has 150 valence electrons. The van der Waals surface area contributed by atoms with E-state index in [4.69, 9.17) is 9.47 Å². The third-order valence-corrected chi connectivity index (χ3v) is 3.82. The maximum atomic E-state index is 12.8. The number of ether oxygens (including phenoxy) is 2. The first-order valence-corrected chi connectivity index (χ1v) is 8.95. The van der Waals surface area contributed by atoms with Crippen molar-refractivity contribution >= 4 is 12.1 Å². The van der Waals surface area contributed by atoms with E-state index in [0.717, 1.165) is 5.56 Å². The standard InChI is InChI=1S/C21H31NO5/c1-8-14(2)16(15-12-10-9-11-13-15)26-18(23)17(21(6,7)25)22-19(24)27-20(3,4)5/h8-14,16-17,25H,1H2,2-7H3,(H,22,24)/t14-,16+,17?/m1/s1. The van der Waals surface area contributed by atoms with Gasteiger partial charge in [0.1, 0.15) is 11.7 Å². The van der Waals surface area contributed by atoms with Crippen molar-refractivity contribution in [3.8, 4) is 0 Å². The number of amides is 1. The van der Waals surface area contributed by atoms with Gasteiger partial charge in [-0.05, 0) is 40.2 Å². The van der Waals surface area contributed by atoms with Gasteiger partial charge >= 0.3 is 12.1 Å². The number of esters is 1. The Morgan fingerprint density at radius 3 is 2.15 bits per heavy atom. The van der Waals surface area contributed by atoms with E-state index < -0.39 is 35.4 Å². The summed E-state index contributed by atoms with van der Waals surface area (Å²) in [6.45, 7) is 13.6. The third-order valence-electron chi connectivity index (χ3n) is 3.82. The highest BCUT2D eigenvalue weighted by Crippen LogP contribution is 2.28. The molecule has 0 saturated carbocycles. The zero-order valence-corrected chi connectivity index (χ0v) is 17.0. The average Bonchev–Trinajstić information content (AvgIpc) is 2.55. The van der Waals surface area contributed by atoms with Crippen molar-refractivity contribution in [2.75, 3.05) is 0 Å². The van der Waals surface area contributed by atoms with Crippen LogP contribution in [-0.2, 0) is 14.3 Å².